The van der Waals surface area contributed by atoms with Gasteiger partial charge in [-0.1, -0.05) is 44.2 Å². The van der Waals surface area contributed by atoms with Crippen molar-refractivity contribution in [3.05, 3.63) is 35.9 Å². The highest BCUT2D eigenvalue weighted by Gasteiger charge is 2.26. The molecule has 114 valence electrons. The van der Waals surface area contributed by atoms with Crippen molar-refractivity contribution in [2.24, 2.45) is 11.7 Å². The number of carbonyl (C=O) groups is 3. The summed E-state index contributed by atoms with van der Waals surface area (Å²) in [4.78, 5) is 34.4. The number of rotatable bonds is 7. The molecule has 2 amide bonds. The molecule has 1 aromatic rings. The van der Waals surface area contributed by atoms with E-state index in [1.54, 1.807) is 13.8 Å². The van der Waals surface area contributed by atoms with Crippen LogP contribution in [0.3, 0.4) is 0 Å². The van der Waals surface area contributed by atoms with Crippen LogP contribution in [0.2, 0.25) is 0 Å². The molecule has 0 unspecified atom stereocenters. The third kappa shape index (κ3) is 6.07. The fourth-order valence-electron chi connectivity index (χ4n) is 1.74. The Morgan fingerprint density at radius 3 is 2.33 bits per heavy atom. The number of hydrogen-bond acceptors (Lipinski definition) is 4. The summed E-state index contributed by atoms with van der Waals surface area (Å²) >= 11 is 0. The number of esters is 1. The van der Waals surface area contributed by atoms with E-state index in [4.69, 9.17) is 10.5 Å². The van der Waals surface area contributed by atoms with Crippen LogP contribution >= 0.6 is 0 Å². The van der Waals surface area contributed by atoms with Crippen LogP contribution in [0.5, 0.6) is 0 Å². The maximum atomic E-state index is 12.0. The zero-order valence-corrected chi connectivity index (χ0v) is 12.2. The normalized spacial score (nSPS) is 11.8. The van der Waals surface area contributed by atoms with E-state index in [1.165, 1.54) is 0 Å². The van der Waals surface area contributed by atoms with Gasteiger partial charge in [-0.15, -0.1) is 0 Å². The Labute approximate surface area is 123 Å². The summed E-state index contributed by atoms with van der Waals surface area (Å²) in [6.45, 7) is 3.06. The summed E-state index contributed by atoms with van der Waals surface area (Å²) in [5.74, 6) is -1.84. The second-order valence-electron chi connectivity index (χ2n) is 5.03. The summed E-state index contributed by atoms with van der Waals surface area (Å²) in [6.07, 6.45) is 0.174. The molecule has 0 aliphatic heterocycles. The molecule has 0 saturated carbocycles. The highest BCUT2D eigenvalue weighted by atomic mass is 16.5. The predicted octanol–water partition coefficient (Wildman–Crippen LogP) is 0.398. The number of carbonyl (C=O) groups excluding carboxylic acids is 3. The van der Waals surface area contributed by atoms with Crippen molar-refractivity contribution >= 4 is 17.8 Å². The third-order valence-corrected chi connectivity index (χ3v) is 2.80. The Hall–Kier alpha value is -2.37. The molecule has 0 aliphatic carbocycles. The van der Waals surface area contributed by atoms with Gasteiger partial charge in [-0.3, -0.25) is 9.59 Å². The van der Waals surface area contributed by atoms with Crippen molar-refractivity contribution in [2.75, 3.05) is 6.61 Å². The summed E-state index contributed by atoms with van der Waals surface area (Å²) < 4.78 is 4.75. The molecule has 0 aromatic heterocycles. The van der Waals surface area contributed by atoms with Gasteiger partial charge in [0.25, 0.3) is 5.91 Å². The maximum absolute atomic E-state index is 12.0. The number of hydrogen-bond donors (Lipinski definition) is 2. The van der Waals surface area contributed by atoms with Gasteiger partial charge in [-0.2, -0.15) is 0 Å². The molecule has 0 spiro atoms. The standard InChI is InChI=1S/C15H20N2O4/c1-10(2)14(15(20)21-9-12(16)18)17-13(19)8-11-6-4-3-5-7-11/h3-7,10,14H,8-9H2,1-2H3,(H2,16,18)(H,17,19)/t14-/m0/s1. The molecule has 1 rings (SSSR count). The monoisotopic (exact) mass is 292 g/mol. The van der Waals surface area contributed by atoms with Crippen molar-refractivity contribution in [3.63, 3.8) is 0 Å². The number of ether oxygens (including phenoxy) is 1. The first-order chi connectivity index (χ1) is 9.90. The molecular formula is C15H20N2O4. The van der Waals surface area contributed by atoms with E-state index in [0.29, 0.717) is 0 Å². The van der Waals surface area contributed by atoms with Crippen LogP contribution in [0.15, 0.2) is 30.3 Å². The summed E-state index contributed by atoms with van der Waals surface area (Å²) in [5.41, 5.74) is 5.77. The van der Waals surface area contributed by atoms with E-state index in [-0.39, 0.29) is 18.2 Å². The topological polar surface area (TPSA) is 98.5 Å². The lowest BCUT2D eigenvalue weighted by atomic mass is 10.0. The lowest BCUT2D eigenvalue weighted by Gasteiger charge is -2.20. The fraction of sp³-hybridized carbons (Fsp3) is 0.400. The molecule has 0 radical (unpaired) electrons. The summed E-state index contributed by atoms with van der Waals surface area (Å²) in [7, 11) is 0. The molecule has 0 heterocycles. The SMILES string of the molecule is CC(C)[C@H](NC(=O)Cc1ccccc1)C(=O)OCC(N)=O. The van der Waals surface area contributed by atoms with Crippen LogP contribution in [0, 0.1) is 5.92 Å². The highest BCUT2D eigenvalue weighted by Crippen LogP contribution is 2.06. The minimum absolute atomic E-state index is 0.162. The zero-order chi connectivity index (χ0) is 15.8. The lowest BCUT2D eigenvalue weighted by Crippen LogP contribution is -2.46. The second kappa shape index (κ2) is 8.04. The van der Waals surface area contributed by atoms with E-state index in [0.717, 1.165) is 5.56 Å². The molecule has 6 heteroatoms. The number of primary amides is 1. The van der Waals surface area contributed by atoms with E-state index in [1.807, 2.05) is 30.3 Å². The summed E-state index contributed by atoms with van der Waals surface area (Å²) in [5, 5.41) is 2.62. The van der Waals surface area contributed by atoms with Crippen molar-refractivity contribution < 1.29 is 19.1 Å². The Morgan fingerprint density at radius 2 is 1.81 bits per heavy atom. The smallest absolute Gasteiger partial charge is 0.329 e. The van der Waals surface area contributed by atoms with Crippen molar-refractivity contribution in [1.82, 2.24) is 5.32 Å². The van der Waals surface area contributed by atoms with Gasteiger partial charge in [-0.25, -0.2) is 4.79 Å². The van der Waals surface area contributed by atoms with Gasteiger partial charge in [-0.05, 0) is 11.5 Å². The molecule has 0 saturated heterocycles. The Bertz CT molecular complexity index is 500. The van der Waals surface area contributed by atoms with E-state index >= 15 is 0 Å². The van der Waals surface area contributed by atoms with Crippen molar-refractivity contribution in [2.45, 2.75) is 26.3 Å². The van der Waals surface area contributed by atoms with Gasteiger partial charge < -0.3 is 15.8 Å². The molecule has 6 nitrogen and oxygen atoms in total. The Kier molecular flexibility index (Phi) is 6.39. The first-order valence-corrected chi connectivity index (χ1v) is 6.68. The summed E-state index contributed by atoms with van der Waals surface area (Å²) in [6, 6.07) is 8.39. The number of nitrogens with one attached hydrogen (secondary N) is 1. The number of nitrogens with two attached hydrogens (primary N) is 1. The van der Waals surface area contributed by atoms with Crippen LogP contribution in [-0.2, 0) is 25.5 Å². The van der Waals surface area contributed by atoms with Gasteiger partial charge in [0.05, 0.1) is 6.42 Å². The lowest BCUT2D eigenvalue weighted by molar-refractivity contribution is -0.152. The minimum Gasteiger partial charge on any atom is -0.454 e. The van der Waals surface area contributed by atoms with Crippen LogP contribution in [0.25, 0.3) is 0 Å². The van der Waals surface area contributed by atoms with E-state index in [9.17, 15) is 14.4 Å². The predicted molar refractivity (Wildman–Crippen MR) is 77.1 cm³/mol. The van der Waals surface area contributed by atoms with Crippen molar-refractivity contribution in [1.29, 1.82) is 0 Å². The van der Waals surface area contributed by atoms with Crippen molar-refractivity contribution in [3.8, 4) is 0 Å². The van der Waals surface area contributed by atoms with Gasteiger partial charge >= 0.3 is 5.97 Å². The quantitative estimate of drug-likeness (QED) is 0.711. The fourth-order valence-corrected chi connectivity index (χ4v) is 1.74. The highest BCUT2D eigenvalue weighted by molar-refractivity contribution is 5.87. The van der Waals surface area contributed by atoms with Gasteiger partial charge in [0.1, 0.15) is 6.04 Å². The third-order valence-electron chi connectivity index (χ3n) is 2.80. The Balaban J connectivity index is 2.59. The number of benzene rings is 1. The largest absolute Gasteiger partial charge is 0.454 e. The molecule has 0 fully saturated rings. The average Bonchev–Trinajstić information content (AvgIpc) is 2.43. The number of amides is 2. The average molecular weight is 292 g/mol. The first-order valence-electron chi connectivity index (χ1n) is 6.68. The van der Waals surface area contributed by atoms with Gasteiger partial charge in [0.2, 0.25) is 5.91 Å². The first kappa shape index (κ1) is 16.7. The van der Waals surface area contributed by atoms with Crippen LogP contribution in [0.1, 0.15) is 19.4 Å². The van der Waals surface area contributed by atoms with Crippen LogP contribution in [0.4, 0.5) is 0 Å². The molecule has 1 aromatic carbocycles. The van der Waals surface area contributed by atoms with E-state index in [2.05, 4.69) is 5.32 Å². The van der Waals surface area contributed by atoms with Crippen LogP contribution < -0.4 is 11.1 Å². The minimum atomic E-state index is -0.805. The van der Waals surface area contributed by atoms with Gasteiger partial charge in [0.15, 0.2) is 6.61 Å². The molecular weight excluding hydrogens is 272 g/mol. The molecule has 1 atom stereocenters. The maximum Gasteiger partial charge on any atom is 0.329 e. The zero-order valence-electron chi connectivity index (χ0n) is 12.2. The second-order valence-corrected chi connectivity index (χ2v) is 5.03. The van der Waals surface area contributed by atoms with E-state index < -0.39 is 24.5 Å². The molecule has 0 aliphatic rings. The molecule has 3 N–H and O–H groups in total. The molecule has 0 bridgehead atoms. The van der Waals surface area contributed by atoms with Crippen LogP contribution in [-0.4, -0.2) is 30.4 Å². The van der Waals surface area contributed by atoms with Gasteiger partial charge in [0, 0.05) is 0 Å². The Morgan fingerprint density at radius 1 is 1.19 bits per heavy atom. The molecule has 21 heavy (non-hydrogen) atoms.